The Labute approximate surface area is 196 Å². The van der Waals surface area contributed by atoms with E-state index in [0.29, 0.717) is 0 Å². The Morgan fingerprint density at radius 2 is 1.39 bits per heavy atom. The second kappa shape index (κ2) is 14.4. The Bertz CT molecular complexity index is 1060. The molecule has 0 aliphatic carbocycles. The van der Waals surface area contributed by atoms with Gasteiger partial charge in [0.05, 0.1) is 0 Å². The van der Waals surface area contributed by atoms with Gasteiger partial charge in [-0.15, -0.1) is 23.1 Å². The van der Waals surface area contributed by atoms with Crippen LogP contribution in [0.3, 0.4) is 0 Å². The van der Waals surface area contributed by atoms with E-state index in [1.165, 1.54) is 37.0 Å². The molecule has 2 aromatic carbocycles. The molecule has 0 bridgehead atoms. The number of aromatic nitrogens is 2. The highest BCUT2D eigenvalue weighted by molar-refractivity contribution is 7.98. The molecule has 0 atom stereocenters. The van der Waals surface area contributed by atoms with Gasteiger partial charge in [-0.2, -0.15) is 0 Å². The summed E-state index contributed by atoms with van der Waals surface area (Å²) in [4.78, 5) is 8.33. The van der Waals surface area contributed by atoms with Crippen molar-refractivity contribution in [3.05, 3.63) is 95.8 Å². The lowest BCUT2D eigenvalue weighted by Gasteiger charge is -1.88. The van der Waals surface area contributed by atoms with E-state index in [2.05, 4.69) is 77.9 Å². The number of hydrogen-bond donors (Lipinski definition) is 1. The number of benzene rings is 2. The van der Waals surface area contributed by atoms with E-state index in [1.54, 1.807) is 24.2 Å². The molecule has 5 rings (SSSR count). The Balaban J connectivity index is 0.000000419. The number of nitrogens with zero attached hydrogens (tertiary/aromatic N) is 1. The third-order valence-corrected chi connectivity index (χ3v) is 6.18. The number of hydrogen-bond acceptors (Lipinski definition) is 3. The molecule has 0 amide bonds. The third-order valence-electron chi connectivity index (χ3n) is 4.36. The zero-order valence-corrected chi connectivity index (χ0v) is 18.0. The fourth-order valence-corrected chi connectivity index (χ4v) is 4.14. The second-order valence-electron chi connectivity index (χ2n) is 6.32. The highest BCUT2D eigenvalue weighted by Crippen LogP contribution is 2.24. The van der Waals surface area contributed by atoms with Gasteiger partial charge in [0.2, 0.25) is 0 Å². The van der Waals surface area contributed by atoms with Crippen molar-refractivity contribution in [1.82, 2.24) is 9.97 Å². The van der Waals surface area contributed by atoms with E-state index in [0.717, 1.165) is 0 Å². The number of aryl methyl sites for hydroxylation is 2. The Kier molecular flexibility index (Phi) is 13.3. The normalized spacial score (nSPS) is 9.13. The molecule has 0 spiro atoms. The molecule has 0 fully saturated rings. The zero-order chi connectivity index (χ0) is 19.8. The number of para-hydroxylation sites is 1. The summed E-state index contributed by atoms with van der Waals surface area (Å²) in [6, 6.07) is 20.8. The maximum absolute atomic E-state index is 3.88. The van der Waals surface area contributed by atoms with E-state index in [9.17, 15) is 0 Å². The van der Waals surface area contributed by atoms with Crippen LogP contribution >= 0.6 is 23.1 Å². The molecule has 0 aliphatic rings. The molecule has 4 heteroatoms. The molecule has 31 heavy (non-hydrogen) atoms. The quantitative estimate of drug-likeness (QED) is 0.257. The molecular formula is C27H36N2S2. The van der Waals surface area contributed by atoms with Crippen LogP contribution in [0.15, 0.2) is 89.5 Å². The highest BCUT2D eigenvalue weighted by Gasteiger charge is 1.95. The summed E-state index contributed by atoms with van der Waals surface area (Å²) in [7, 11) is 0. The predicted octanol–water partition coefficient (Wildman–Crippen LogP) is 9.40. The van der Waals surface area contributed by atoms with Crippen molar-refractivity contribution in [2.45, 2.75) is 41.0 Å². The summed E-state index contributed by atoms with van der Waals surface area (Å²) in [5, 5.41) is 4.92. The molecule has 3 heterocycles. The van der Waals surface area contributed by atoms with Crippen LogP contribution in [0, 0.1) is 13.8 Å². The predicted molar refractivity (Wildman–Crippen MR) is 146 cm³/mol. The van der Waals surface area contributed by atoms with Gasteiger partial charge in [0.15, 0.2) is 0 Å². The average molecular weight is 453 g/mol. The van der Waals surface area contributed by atoms with Crippen molar-refractivity contribution in [3.8, 4) is 0 Å². The molecule has 0 radical (unpaired) electrons. The van der Waals surface area contributed by atoms with Gasteiger partial charge < -0.3 is 4.98 Å². The highest BCUT2D eigenvalue weighted by atomic mass is 32.2. The number of nitrogens with one attached hydrogen (secondary N) is 1. The lowest BCUT2D eigenvalue weighted by Crippen LogP contribution is -1.68. The van der Waals surface area contributed by atoms with Crippen molar-refractivity contribution < 1.29 is 0 Å². The van der Waals surface area contributed by atoms with Crippen molar-refractivity contribution in [3.63, 3.8) is 0 Å². The van der Waals surface area contributed by atoms with Crippen molar-refractivity contribution in [1.29, 1.82) is 0 Å². The van der Waals surface area contributed by atoms with Crippen LogP contribution in [0.25, 0.3) is 21.0 Å². The molecule has 166 valence electrons. The summed E-state index contributed by atoms with van der Waals surface area (Å²) < 4.78 is 1.39. The fraction of sp³-hybridized carbons (Fsp3) is 0.222. The number of rotatable bonds is 1. The lowest BCUT2D eigenvalue weighted by molar-refractivity contribution is 1.27. The molecular weight excluding hydrogens is 416 g/mol. The van der Waals surface area contributed by atoms with Crippen LogP contribution in [-0.2, 0) is 0 Å². The van der Waals surface area contributed by atoms with Gasteiger partial charge in [0.25, 0.3) is 0 Å². The summed E-state index contributed by atoms with van der Waals surface area (Å²) in [6.07, 6.45) is 7.68. The molecule has 2 nitrogen and oxygen atoms in total. The van der Waals surface area contributed by atoms with Crippen molar-refractivity contribution >= 4 is 44.1 Å². The first-order valence-electron chi connectivity index (χ1n) is 9.08. The first-order valence-corrected chi connectivity index (χ1v) is 11.2. The molecule has 1 N–H and O–H groups in total. The monoisotopic (exact) mass is 452 g/mol. The van der Waals surface area contributed by atoms with Crippen LogP contribution in [0.4, 0.5) is 0 Å². The van der Waals surface area contributed by atoms with Crippen LogP contribution in [0.5, 0.6) is 0 Å². The molecule has 0 saturated carbocycles. The number of fused-ring (bicyclic) bond motifs is 2. The van der Waals surface area contributed by atoms with Crippen LogP contribution in [0.2, 0.25) is 0 Å². The van der Waals surface area contributed by atoms with E-state index in [1.807, 2.05) is 35.7 Å². The van der Waals surface area contributed by atoms with E-state index < -0.39 is 0 Å². The Morgan fingerprint density at radius 1 is 0.774 bits per heavy atom. The third kappa shape index (κ3) is 7.89. The number of pyridine rings is 1. The number of H-pyrrole nitrogens is 1. The van der Waals surface area contributed by atoms with Gasteiger partial charge >= 0.3 is 0 Å². The van der Waals surface area contributed by atoms with E-state index in [4.69, 9.17) is 0 Å². The maximum Gasteiger partial charge on any atom is 0.0456 e. The molecule has 5 aromatic rings. The van der Waals surface area contributed by atoms with Crippen molar-refractivity contribution in [2.24, 2.45) is 0 Å². The summed E-state index contributed by atoms with van der Waals surface area (Å²) in [5.41, 5.74) is 3.93. The Hall–Kier alpha value is -2.56. The minimum Gasteiger partial charge on any atom is -0.361 e. The maximum atomic E-state index is 3.88. The van der Waals surface area contributed by atoms with Crippen LogP contribution in [0.1, 0.15) is 33.4 Å². The van der Waals surface area contributed by atoms with Gasteiger partial charge in [-0.1, -0.05) is 58.7 Å². The zero-order valence-electron chi connectivity index (χ0n) is 16.3. The summed E-state index contributed by atoms with van der Waals surface area (Å²) >= 11 is 3.54. The standard InChI is InChI=1S/C9H9N.C9H8S.C6H7NS.3CH4/c2*1-7-6-10-9-5-3-2-4-8(7)9;1-8-6-2-4-7-5-3-6;;;/h2-6,10H,1H3;2-6H,1H3;2-5H,1H3;3*1H4. The molecule has 0 aliphatic heterocycles. The minimum atomic E-state index is 0. The van der Waals surface area contributed by atoms with Crippen LogP contribution in [-0.4, -0.2) is 16.2 Å². The van der Waals surface area contributed by atoms with E-state index in [-0.39, 0.29) is 22.3 Å². The second-order valence-corrected chi connectivity index (χ2v) is 8.11. The van der Waals surface area contributed by atoms with Gasteiger partial charge in [0.1, 0.15) is 0 Å². The SMILES string of the molecule is C.C.C.CSc1ccncc1.Cc1c[nH]c2ccccc12.Cc1csc2ccccc12. The molecule has 0 unspecified atom stereocenters. The largest absolute Gasteiger partial charge is 0.361 e. The number of aromatic amines is 1. The molecule has 0 saturated heterocycles. The summed E-state index contributed by atoms with van der Waals surface area (Å²) in [6.45, 7) is 4.26. The number of thioether (sulfide) groups is 1. The lowest BCUT2D eigenvalue weighted by atomic mass is 10.2. The van der Waals surface area contributed by atoms with Gasteiger partial charge in [-0.25, -0.2) is 0 Å². The topological polar surface area (TPSA) is 28.7 Å². The first kappa shape index (κ1) is 28.4. The number of thiophene rings is 1. The van der Waals surface area contributed by atoms with E-state index >= 15 is 0 Å². The van der Waals surface area contributed by atoms with Gasteiger partial charge in [0, 0.05) is 39.1 Å². The van der Waals surface area contributed by atoms with Gasteiger partial charge in [-0.05, 0) is 66.3 Å². The summed E-state index contributed by atoms with van der Waals surface area (Å²) in [5.74, 6) is 0. The smallest absolute Gasteiger partial charge is 0.0456 e. The van der Waals surface area contributed by atoms with Crippen molar-refractivity contribution in [2.75, 3.05) is 6.26 Å². The Morgan fingerprint density at radius 3 is 1.97 bits per heavy atom. The van der Waals surface area contributed by atoms with Gasteiger partial charge in [-0.3, -0.25) is 4.98 Å². The average Bonchev–Trinajstić information content (AvgIpc) is 3.33. The fourth-order valence-electron chi connectivity index (χ4n) is 2.80. The molecule has 3 aromatic heterocycles. The minimum absolute atomic E-state index is 0. The first-order chi connectivity index (χ1) is 13.7. The van der Waals surface area contributed by atoms with Crippen LogP contribution < -0.4 is 0 Å².